The minimum absolute atomic E-state index is 0. The summed E-state index contributed by atoms with van der Waals surface area (Å²) in [6.07, 6.45) is 1.68. The maximum atomic E-state index is 8.98. The normalized spacial score (nSPS) is 11.9. The van der Waals surface area contributed by atoms with Crippen LogP contribution in [0.4, 0.5) is 0 Å². The van der Waals surface area contributed by atoms with Crippen molar-refractivity contribution in [2.75, 3.05) is 6.61 Å². The molecule has 0 aromatic heterocycles. The van der Waals surface area contributed by atoms with Crippen molar-refractivity contribution in [2.24, 2.45) is 0 Å². The fourth-order valence-electron chi connectivity index (χ4n) is 1.40. The average molecular weight is 439 g/mol. The van der Waals surface area contributed by atoms with E-state index in [0.29, 0.717) is 0 Å². The molecule has 1 unspecified atom stereocenters. The van der Waals surface area contributed by atoms with Gasteiger partial charge in [-0.05, 0) is 17.5 Å². The minimum atomic E-state index is -0.118. The van der Waals surface area contributed by atoms with Crippen molar-refractivity contribution in [1.82, 2.24) is 0 Å². The van der Waals surface area contributed by atoms with Gasteiger partial charge in [-0.2, -0.15) is 0 Å². The Morgan fingerprint density at radius 3 is 2.60 bits per heavy atom. The molecule has 0 heterocycles. The van der Waals surface area contributed by atoms with Gasteiger partial charge in [-0.3, -0.25) is 0 Å². The Bertz CT molecular complexity index is 277. The van der Waals surface area contributed by atoms with Crippen molar-refractivity contribution in [3.8, 4) is 0 Å². The Labute approximate surface area is 130 Å². The van der Waals surface area contributed by atoms with Crippen molar-refractivity contribution in [1.29, 1.82) is 0 Å². The van der Waals surface area contributed by atoms with E-state index < -0.39 is 0 Å². The number of rotatable bonds is 5. The van der Waals surface area contributed by atoms with Crippen LogP contribution < -0.4 is 0 Å². The second-order valence-corrected chi connectivity index (χ2v) is 3.59. The number of aliphatic hydroxyl groups is 1. The van der Waals surface area contributed by atoms with Crippen LogP contribution in [-0.2, 0) is 17.4 Å². The molecule has 1 aromatic carbocycles. The Balaban J connectivity index is 0.00000196. The standard InChI is InChI=1S/C11H17O2P.Ac/c1-2-9-4-3-5-10(6-9)7-11(8-12)13-14;/h3-6,11-12H,2,7-8,14H2,1H3;/t11-;/m1./s1. The van der Waals surface area contributed by atoms with Crippen molar-refractivity contribution in [3.63, 3.8) is 0 Å². The molecule has 0 spiro atoms. The third-order valence-corrected chi connectivity index (χ3v) is 2.64. The van der Waals surface area contributed by atoms with Crippen LogP contribution in [0.15, 0.2) is 24.3 Å². The molecule has 0 saturated heterocycles. The average Bonchev–Trinajstić information content (AvgIpc) is 2.26. The van der Waals surface area contributed by atoms with Gasteiger partial charge in [0.15, 0.2) is 0 Å². The van der Waals surface area contributed by atoms with Crippen LogP contribution in [0.2, 0.25) is 0 Å². The number of benzene rings is 1. The van der Waals surface area contributed by atoms with Crippen molar-refractivity contribution in [3.05, 3.63) is 35.4 Å². The molecular formula is C11H17AcO2P. The minimum Gasteiger partial charge on any atom is -0.394 e. The summed E-state index contributed by atoms with van der Waals surface area (Å²) in [5.74, 6) is 0. The fourth-order valence-corrected chi connectivity index (χ4v) is 1.58. The van der Waals surface area contributed by atoms with Gasteiger partial charge in [0.1, 0.15) is 0 Å². The van der Waals surface area contributed by atoms with Gasteiger partial charge in [0.25, 0.3) is 0 Å². The molecule has 2 nitrogen and oxygen atoms in total. The van der Waals surface area contributed by atoms with Gasteiger partial charge >= 0.3 is 0 Å². The number of hydrogen-bond donors (Lipinski definition) is 1. The first-order valence-corrected chi connectivity index (χ1v) is 5.31. The molecule has 4 heteroatoms. The third kappa shape index (κ3) is 5.76. The maximum absolute atomic E-state index is 8.98. The Morgan fingerprint density at radius 2 is 2.07 bits per heavy atom. The summed E-state index contributed by atoms with van der Waals surface area (Å²) in [5, 5.41) is 8.98. The molecule has 0 bridgehead atoms. The van der Waals surface area contributed by atoms with E-state index >= 15 is 0 Å². The molecule has 1 aromatic rings. The fraction of sp³-hybridized carbons (Fsp3) is 0.455. The smallest absolute Gasteiger partial charge is 0.0881 e. The molecule has 1 radical (unpaired) electrons. The molecule has 1 rings (SSSR count). The topological polar surface area (TPSA) is 29.5 Å². The van der Waals surface area contributed by atoms with E-state index in [-0.39, 0.29) is 56.8 Å². The van der Waals surface area contributed by atoms with E-state index in [1.54, 1.807) is 0 Å². The molecule has 15 heavy (non-hydrogen) atoms. The molecule has 81 valence electrons. The van der Waals surface area contributed by atoms with Crippen LogP contribution >= 0.6 is 9.47 Å². The van der Waals surface area contributed by atoms with Gasteiger partial charge in [0.2, 0.25) is 0 Å². The molecule has 0 fully saturated rings. The number of aryl methyl sites for hydroxylation is 1. The molecule has 0 saturated carbocycles. The zero-order valence-electron chi connectivity index (χ0n) is 9.02. The summed E-state index contributed by atoms with van der Waals surface area (Å²) in [5.41, 5.74) is 2.54. The summed E-state index contributed by atoms with van der Waals surface area (Å²) >= 11 is 0. The first-order chi connectivity index (χ1) is 6.80. The van der Waals surface area contributed by atoms with E-state index in [1.165, 1.54) is 11.1 Å². The Hall–Kier alpha value is 1.01. The van der Waals surface area contributed by atoms with E-state index in [0.717, 1.165) is 12.8 Å². The van der Waals surface area contributed by atoms with Gasteiger partial charge < -0.3 is 9.63 Å². The number of hydrogen-bond acceptors (Lipinski definition) is 2. The van der Waals surface area contributed by atoms with Gasteiger partial charge in [-0.1, -0.05) is 31.2 Å². The van der Waals surface area contributed by atoms with Crippen molar-refractivity contribution >= 4 is 9.47 Å². The largest absolute Gasteiger partial charge is 0.394 e. The SMILES string of the molecule is CCc1cccc(C[C@H](CO)OP)c1.[Ac]. The van der Waals surface area contributed by atoms with Gasteiger partial charge in [-0.15, -0.1) is 0 Å². The van der Waals surface area contributed by atoms with E-state index in [2.05, 4.69) is 34.6 Å². The van der Waals surface area contributed by atoms with Crippen LogP contribution in [-0.4, -0.2) is 17.8 Å². The zero-order valence-corrected chi connectivity index (χ0v) is 14.9. The van der Waals surface area contributed by atoms with E-state index in [1.807, 2.05) is 6.07 Å². The van der Waals surface area contributed by atoms with Crippen LogP contribution in [0, 0.1) is 44.1 Å². The van der Waals surface area contributed by atoms with Crippen LogP contribution in [0.25, 0.3) is 0 Å². The predicted octanol–water partition coefficient (Wildman–Crippen LogP) is 1.96. The monoisotopic (exact) mass is 439 g/mol. The Kier molecular flexibility index (Phi) is 9.70. The summed E-state index contributed by atoms with van der Waals surface area (Å²) < 4.78 is 5.04. The molecular weight excluding hydrogens is 422 g/mol. The second kappa shape index (κ2) is 9.08. The molecule has 0 aliphatic heterocycles. The summed E-state index contributed by atoms with van der Waals surface area (Å²) in [6, 6.07) is 8.38. The van der Waals surface area contributed by atoms with Gasteiger partial charge in [-0.25, -0.2) is 0 Å². The second-order valence-electron chi connectivity index (χ2n) is 3.32. The first kappa shape index (κ1) is 16.0. The van der Waals surface area contributed by atoms with Gasteiger partial charge in [0.05, 0.1) is 12.7 Å². The molecule has 0 aliphatic rings. The summed E-state index contributed by atoms with van der Waals surface area (Å²) in [4.78, 5) is 0. The van der Waals surface area contributed by atoms with Crippen LogP contribution in [0.5, 0.6) is 0 Å². The first-order valence-electron chi connectivity index (χ1n) is 4.84. The third-order valence-electron chi connectivity index (χ3n) is 2.26. The van der Waals surface area contributed by atoms with Crippen LogP contribution in [0.1, 0.15) is 18.1 Å². The molecule has 0 amide bonds. The van der Waals surface area contributed by atoms with Gasteiger partial charge in [0, 0.05) is 59.9 Å². The van der Waals surface area contributed by atoms with Crippen molar-refractivity contribution < 1.29 is 53.7 Å². The van der Waals surface area contributed by atoms with Crippen LogP contribution in [0.3, 0.4) is 0 Å². The zero-order chi connectivity index (χ0) is 10.4. The summed E-state index contributed by atoms with van der Waals surface area (Å²) in [6.45, 7) is 2.19. The summed E-state index contributed by atoms with van der Waals surface area (Å²) in [7, 11) is 2.20. The number of aliphatic hydroxyl groups excluding tert-OH is 1. The molecule has 1 N–H and O–H groups in total. The molecule has 2 atom stereocenters. The van der Waals surface area contributed by atoms with E-state index in [4.69, 9.17) is 9.63 Å². The van der Waals surface area contributed by atoms with Crippen molar-refractivity contribution in [2.45, 2.75) is 25.9 Å². The predicted molar refractivity (Wildman–Crippen MR) is 61.2 cm³/mol. The Morgan fingerprint density at radius 1 is 1.40 bits per heavy atom. The van der Waals surface area contributed by atoms with E-state index in [9.17, 15) is 0 Å². The maximum Gasteiger partial charge on any atom is 0.0881 e. The molecule has 0 aliphatic carbocycles. The quantitative estimate of drug-likeness (QED) is 0.712.